The van der Waals surface area contributed by atoms with Crippen LogP contribution in [0.1, 0.15) is 34.4 Å². The number of H-pyrrole nitrogens is 1. The Hall–Kier alpha value is -2.50. The monoisotopic (exact) mass is 476 g/mol. The van der Waals surface area contributed by atoms with Crippen LogP contribution in [-0.2, 0) is 17.7 Å². The lowest BCUT2D eigenvalue weighted by Crippen LogP contribution is -2.43. The first kappa shape index (κ1) is 22.0. The minimum Gasteiger partial charge on any atom is -0.368 e. The van der Waals surface area contributed by atoms with E-state index in [4.69, 9.17) is 4.74 Å². The third-order valence-electron chi connectivity index (χ3n) is 7.06. The summed E-state index contributed by atoms with van der Waals surface area (Å²) in [5.41, 5.74) is 6.74. The Labute approximate surface area is 203 Å². The summed E-state index contributed by atoms with van der Waals surface area (Å²) in [7, 11) is 2.15. The summed E-state index contributed by atoms with van der Waals surface area (Å²) in [6.07, 6.45) is 3.16. The van der Waals surface area contributed by atoms with Crippen LogP contribution in [-0.4, -0.2) is 66.4 Å². The van der Waals surface area contributed by atoms with Crippen LogP contribution in [0.5, 0.6) is 0 Å². The Morgan fingerprint density at radius 2 is 2.03 bits per heavy atom. The molecule has 7 heteroatoms. The molecule has 34 heavy (non-hydrogen) atoms. The van der Waals surface area contributed by atoms with Crippen LogP contribution in [0.2, 0.25) is 0 Å². The molecule has 176 valence electrons. The number of ether oxygens (including phenoxy) is 1. The first-order valence-electron chi connectivity index (χ1n) is 12.1. The summed E-state index contributed by atoms with van der Waals surface area (Å²) in [5, 5.41) is 9.90. The molecular formula is C27H29FN4OS. The van der Waals surface area contributed by atoms with Gasteiger partial charge in [-0.15, -0.1) is 11.3 Å². The van der Waals surface area contributed by atoms with Gasteiger partial charge in [-0.3, -0.25) is 10.00 Å². The second kappa shape index (κ2) is 9.27. The van der Waals surface area contributed by atoms with Crippen molar-refractivity contribution in [3.8, 4) is 34.4 Å². The molecule has 2 aromatic heterocycles. The van der Waals surface area contributed by atoms with E-state index >= 15 is 4.39 Å². The third kappa shape index (κ3) is 4.56. The number of aromatic nitrogens is 2. The zero-order valence-corrected chi connectivity index (χ0v) is 20.3. The second-order valence-electron chi connectivity index (χ2n) is 9.75. The van der Waals surface area contributed by atoms with Gasteiger partial charge in [0.25, 0.3) is 0 Å². The molecular weight excluding hydrogens is 447 g/mol. The fourth-order valence-corrected chi connectivity index (χ4v) is 5.60. The van der Waals surface area contributed by atoms with Crippen LogP contribution < -0.4 is 0 Å². The quantitative estimate of drug-likeness (QED) is 0.332. The van der Waals surface area contributed by atoms with E-state index < -0.39 is 0 Å². The predicted octanol–water partition coefficient (Wildman–Crippen LogP) is 4.37. The molecule has 0 spiro atoms. The summed E-state index contributed by atoms with van der Waals surface area (Å²) >= 11 is 1.61. The van der Waals surface area contributed by atoms with Crippen molar-refractivity contribution in [3.05, 3.63) is 51.0 Å². The van der Waals surface area contributed by atoms with Crippen LogP contribution in [0.4, 0.5) is 4.39 Å². The van der Waals surface area contributed by atoms with E-state index in [0.29, 0.717) is 13.0 Å². The summed E-state index contributed by atoms with van der Waals surface area (Å²) in [6, 6.07) is 5.95. The van der Waals surface area contributed by atoms with Gasteiger partial charge in [0.1, 0.15) is 12.4 Å². The Kier molecular flexibility index (Phi) is 6.00. The van der Waals surface area contributed by atoms with Gasteiger partial charge in [0.2, 0.25) is 0 Å². The maximum Gasteiger partial charge on any atom is 0.127 e. The molecule has 0 amide bonds. The van der Waals surface area contributed by atoms with Gasteiger partial charge in [0, 0.05) is 66.8 Å². The topological polar surface area (TPSA) is 44.4 Å². The molecule has 0 unspecified atom stereocenters. The van der Waals surface area contributed by atoms with E-state index in [1.54, 1.807) is 17.4 Å². The molecule has 2 fully saturated rings. The molecule has 0 bridgehead atoms. The minimum atomic E-state index is -0.111. The van der Waals surface area contributed by atoms with Gasteiger partial charge in [-0.2, -0.15) is 5.10 Å². The molecule has 1 N–H and O–H groups in total. The summed E-state index contributed by atoms with van der Waals surface area (Å²) in [4.78, 5) is 5.74. The molecule has 1 aliphatic heterocycles. The Morgan fingerprint density at radius 3 is 2.85 bits per heavy atom. The highest BCUT2D eigenvalue weighted by Crippen LogP contribution is 2.42. The Bertz CT molecular complexity index is 1260. The molecule has 5 nitrogen and oxygen atoms in total. The van der Waals surface area contributed by atoms with Crippen LogP contribution in [0.25, 0.3) is 22.5 Å². The standard InChI is InChI=1S/C27H29FN4OS/c1-31-6-8-32(9-7-31)15-19-11-23-22(25(28)12-19)14-24-26(29-30-27(23)24)20-13-21(34-17-20)3-2-10-33-16-18-4-5-18/h11-13,17-18H,4-10,14-16H2,1H3,(H,29,30). The lowest BCUT2D eigenvalue weighted by atomic mass is 10.0. The molecule has 1 saturated heterocycles. The van der Waals surface area contributed by atoms with Gasteiger partial charge >= 0.3 is 0 Å². The number of nitrogens with zero attached hydrogens (tertiary/aromatic N) is 3. The fraction of sp³-hybridized carbons (Fsp3) is 0.444. The maximum atomic E-state index is 15.1. The number of benzene rings is 1. The number of nitrogens with one attached hydrogen (secondary N) is 1. The highest BCUT2D eigenvalue weighted by molar-refractivity contribution is 7.11. The van der Waals surface area contributed by atoms with Crippen molar-refractivity contribution in [2.24, 2.45) is 5.92 Å². The van der Waals surface area contributed by atoms with E-state index in [0.717, 1.165) is 89.3 Å². The van der Waals surface area contributed by atoms with Gasteiger partial charge in [0.05, 0.1) is 22.9 Å². The lowest BCUT2D eigenvalue weighted by molar-refractivity contribution is 0.148. The molecule has 3 aliphatic rings. The number of piperazine rings is 1. The Balaban J connectivity index is 1.18. The molecule has 2 aliphatic carbocycles. The highest BCUT2D eigenvalue weighted by Gasteiger charge is 2.29. The zero-order valence-electron chi connectivity index (χ0n) is 19.5. The van der Waals surface area contributed by atoms with Crippen LogP contribution in [0.15, 0.2) is 23.6 Å². The van der Waals surface area contributed by atoms with Crippen molar-refractivity contribution < 1.29 is 9.13 Å². The smallest absolute Gasteiger partial charge is 0.127 e. The number of hydrogen-bond donors (Lipinski definition) is 1. The van der Waals surface area contributed by atoms with Gasteiger partial charge in [-0.1, -0.05) is 11.8 Å². The average molecular weight is 477 g/mol. The van der Waals surface area contributed by atoms with E-state index in [-0.39, 0.29) is 5.82 Å². The van der Waals surface area contributed by atoms with Gasteiger partial charge in [-0.05, 0) is 49.6 Å². The SMILES string of the molecule is CN1CCN(Cc2cc(F)c3c(c2)-c2[nH]nc(-c4csc(C#CCOCC5CC5)c4)c2C3)CC1. The van der Waals surface area contributed by atoms with Crippen LogP contribution in [0.3, 0.4) is 0 Å². The number of aromatic amines is 1. The number of rotatable bonds is 6. The van der Waals surface area contributed by atoms with Crippen molar-refractivity contribution in [3.63, 3.8) is 0 Å². The molecule has 1 saturated carbocycles. The molecule has 0 radical (unpaired) electrons. The summed E-state index contributed by atoms with van der Waals surface area (Å²) in [6.45, 7) is 6.25. The molecule has 1 aromatic carbocycles. The van der Waals surface area contributed by atoms with E-state index in [1.165, 1.54) is 12.8 Å². The summed E-state index contributed by atoms with van der Waals surface area (Å²) in [5.74, 6) is 6.96. The van der Waals surface area contributed by atoms with Gasteiger partial charge in [-0.25, -0.2) is 4.39 Å². The first-order valence-corrected chi connectivity index (χ1v) is 13.0. The minimum absolute atomic E-state index is 0.111. The fourth-order valence-electron chi connectivity index (χ4n) is 4.84. The van der Waals surface area contributed by atoms with Gasteiger partial charge < -0.3 is 9.64 Å². The van der Waals surface area contributed by atoms with Crippen molar-refractivity contribution in [2.75, 3.05) is 46.4 Å². The van der Waals surface area contributed by atoms with Crippen molar-refractivity contribution in [2.45, 2.75) is 25.8 Å². The zero-order chi connectivity index (χ0) is 23.1. The first-order chi connectivity index (χ1) is 16.6. The largest absolute Gasteiger partial charge is 0.368 e. The number of hydrogen-bond acceptors (Lipinski definition) is 5. The highest BCUT2D eigenvalue weighted by atomic mass is 32.1. The molecule has 3 aromatic rings. The van der Waals surface area contributed by atoms with E-state index in [2.05, 4.69) is 56.4 Å². The number of halogens is 1. The van der Waals surface area contributed by atoms with Crippen molar-refractivity contribution in [1.29, 1.82) is 0 Å². The maximum absolute atomic E-state index is 15.1. The van der Waals surface area contributed by atoms with Crippen molar-refractivity contribution in [1.82, 2.24) is 20.0 Å². The average Bonchev–Trinajstić information content (AvgIpc) is 3.21. The van der Waals surface area contributed by atoms with Gasteiger partial charge in [0.15, 0.2) is 0 Å². The van der Waals surface area contributed by atoms with Crippen LogP contribution in [0, 0.1) is 23.6 Å². The van der Waals surface area contributed by atoms with E-state index in [1.807, 2.05) is 0 Å². The molecule has 0 atom stereocenters. The summed E-state index contributed by atoms with van der Waals surface area (Å²) < 4.78 is 20.7. The van der Waals surface area contributed by atoms with Crippen molar-refractivity contribution >= 4 is 11.3 Å². The normalized spacial score (nSPS) is 17.9. The number of thiophene rings is 1. The molecule has 3 heterocycles. The predicted molar refractivity (Wildman–Crippen MR) is 133 cm³/mol. The molecule has 6 rings (SSSR count). The van der Waals surface area contributed by atoms with Crippen LogP contribution >= 0.6 is 11.3 Å². The Morgan fingerprint density at radius 1 is 1.18 bits per heavy atom. The third-order valence-corrected chi connectivity index (χ3v) is 7.90. The number of likely N-dealkylation sites (N-methyl/N-ethyl adjacent to an activating group) is 1. The lowest BCUT2D eigenvalue weighted by Gasteiger charge is -2.32. The number of fused-ring (bicyclic) bond motifs is 3. The second-order valence-corrected chi connectivity index (χ2v) is 10.7. The van der Waals surface area contributed by atoms with E-state index in [9.17, 15) is 0 Å².